The molecule has 0 radical (unpaired) electrons. The molecule has 4 heteroatoms. The fraction of sp³-hybridized carbons (Fsp3) is 0.357. The van der Waals surface area contributed by atoms with Gasteiger partial charge in [-0.1, -0.05) is 17.7 Å². The highest BCUT2D eigenvalue weighted by atomic mass is 16.5. The van der Waals surface area contributed by atoms with Crippen molar-refractivity contribution in [1.82, 2.24) is 5.32 Å². The van der Waals surface area contributed by atoms with Gasteiger partial charge in [-0.25, -0.2) is 0 Å². The number of carbonyl (C=O) groups is 1. The number of rotatable bonds is 7. The Kier molecular flexibility index (Phi) is 5.94. The normalized spacial score (nSPS) is 10.1. The Hall–Kier alpha value is -1.81. The van der Waals surface area contributed by atoms with E-state index in [-0.39, 0.29) is 11.7 Å². The summed E-state index contributed by atoms with van der Waals surface area (Å²) >= 11 is 0. The molecule has 0 aromatic heterocycles. The molecule has 0 aliphatic carbocycles. The summed E-state index contributed by atoms with van der Waals surface area (Å²) in [5.41, 5.74) is 1.22. The summed E-state index contributed by atoms with van der Waals surface area (Å²) in [6.07, 6.45) is 2.58. The van der Waals surface area contributed by atoms with Crippen LogP contribution >= 0.6 is 0 Å². The highest BCUT2D eigenvalue weighted by molar-refractivity contribution is 5.96. The molecule has 1 aromatic carbocycles. The first-order valence-corrected chi connectivity index (χ1v) is 5.91. The van der Waals surface area contributed by atoms with Crippen LogP contribution in [-0.2, 0) is 4.74 Å². The van der Waals surface area contributed by atoms with Crippen LogP contribution in [0.3, 0.4) is 0 Å². The highest BCUT2D eigenvalue weighted by Gasteiger charge is 2.10. The summed E-state index contributed by atoms with van der Waals surface area (Å²) in [7, 11) is 0. The lowest BCUT2D eigenvalue weighted by Crippen LogP contribution is -2.27. The molecule has 0 aliphatic heterocycles. The van der Waals surface area contributed by atoms with Crippen LogP contribution in [0, 0.1) is 6.92 Å². The van der Waals surface area contributed by atoms with E-state index in [1.54, 1.807) is 18.2 Å². The zero-order valence-corrected chi connectivity index (χ0v) is 10.6. The summed E-state index contributed by atoms with van der Waals surface area (Å²) in [4.78, 5) is 11.8. The number of ether oxygens (including phenoxy) is 1. The molecule has 0 fully saturated rings. The molecule has 98 valence electrons. The van der Waals surface area contributed by atoms with Crippen molar-refractivity contribution < 1.29 is 14.6 Å². The highest BCUT2D eigenvalue weighted by Crippen LogP contribution is 2.17. The van der Waals surface area contributed by atoms with Gasteiger partial charge >= 0.3 is 0 Å². The van der Waals surface area contributed by atoms with Crippen molar-refractivity contribution >= 4 is 5.91 Å². The quantitative estimate of drug-likeness (QED) is 0.574. The Balaban J connectivity index is 2.36. The fourth-order valence-electron chi connectivity index (χ4n) is 1.43. The Morgan fingerprint density at radius 2 is 2.28 bits per heavy atom. The minimum atomic E-state index is -0.288. The molecular weight excluding hydrogens is 230 g/mol. The van der Waals surface area contributed by atoms with E-state index in [0.717, 1.165) is 12.0 Å². The van der Waals surface area contributed by atoms with Gasteiger partial charge in [0.1, 0.15) is 5.75 Å². The van der Waals surface area contributed by atoms with Crippen molar-refractivity contribution in [3.63, 3.8) is 0 Å². The number of benzene rings is 1. The molecule has 0 saturated carbocycles. The number of phenols is 1. The Bertz CT molecular complexity index is 416. The second-order valence-electron chi connectivity index (χ2n) is 3.97. The zero-order chi connectivity index (χ0) is 13.4. The van der Waals surface area contributed by atoms with Crippen molar-refractivity contribution in [1.29, 1.82) is 0 Å². The lowest BCUT2D eigenvalue weighted by molar-refractivity contribution is 0.0915. The van der Waals surface area contributed by atoms with Crippen LogP contribution in [-0.4, -0.2) is 30.8 Å². The molecule has 0 bridgehead atoms. The summed E-state index contributed by atoms with van der Waals surface area (Å²) in [6, 6.07) is 4.93. The van der Waals surface area contributed by atoms with Crippen LogP contribution in [0.4, 0.5) is 0 Å². The van der Waals surface area contributed by atoms with Crippen molar-refractivity contribution in [3.05, 3.63) is 42.0 Å². The second-order valence-corrected chi connectivity index (χ2v) is 3.97. The van der Waals surface area contributed by atoms with Gasteiger partial charge in [0.2, 0.25) is 0 Å². The number of carbonyl (C=O) groups excluding carboxylic acids is 1. The summed E-state index contributed by atoms with van der Waals surface area (Å²) < 4.78 is 5.27. The lowest BCUT2D eigenvalue weighted by atomic mass is 10.1. The Morgan fingerprint density at radius 3 is 3.00 bits per heavy atom. The van der Waals surface area contributed by atoms with Crippen LogP contribution in [0.15, 0.2) is 30.9 Å². The predicted molar refractivity (Wildman–Crippen MR) is 70.8 cm³/mol. The SMILES string of the molecule is C=CCCOCCNC(=O)c1cc(C)ccc1O. The van der Waals surface area contributed by atoms with Crippen molar-refractivity contribution in [3.8, 4) is 5.75 Å². The molecule has 0 saturated heterocycles. The monoisotopic (exact) mass is 249 g/mol. The third-order valence-electron chi connectivity index (χ3n) is 2.39. The van der Waals surface area contributed by atoms with E-state index >= 15 is 0 Å². The van der Waals surface area contributed by atoms with Gasteiger partial charge in [-0.15, -0.1) is 6.58 Å². The topological polar surface area (TPSA) is 58.6 Å². The van der Waals surface area contributed by atoms with Crippen molar-refractivity contribution in [2.45, 2.75) is 13.3 Å². The first-order chi connectivity index (χ1) is 8.65. The lowest BCUT2D eigenvalue weighted by Gasteiger charge is -2.08. The maximum atomic E-state index is 11.8. The molecule has 1 rings (SSSR count). The Labute approximate surface area is 107 Å². The Morgan fingerprint density at radius 1 is 1.50 bits per heavy atom. The number of hydrogen-bond acceptors (Lipinski definition) is 3. The number of amides is 1. The molecule has 0 aliphatic rings. The summed E-state index contributed by atoms with van der Waals surface area (Å²) in [5.74, 6) is -0.297. The van der Waals surface area contributed by atoms with Crippen LogP contribution in [0.25, 0.3) is 0 Å². The fourth-order valence-corrected chi connectivity index (χ4v) is 1.43. The molecule has 1 amide bonds. The van der Waals surface area contributed by atoms with E-state index in [4.69, 9.17) is 4.74 Å². The van der Waals surface area contributed by atoms with Crippen LogP contribution < -0.4 is 5.32 Å². The van der Waals surface area contributed by atoms with Gasteiger partial charge in [0, 0.05) is 6.54 Å². The molecule has 2 N–H and O–H groups in total. The van der Waals surface area contributed by atoms with Crippen molar-refractivity contribution in [2.75, 3.05) is 19.8 Å². The minimum absolute atomic E-state index is 0.00863. The first kappa shape index (κ1) is 14.3. The minimum Gasteiger partial charge on any atom is -0.507 e. The molecule has 0 unspecified atom stereocenters. The van der Waals surface area contributed by atoms with E-state index in [1.165, 1.54) is 6.07 Å². The van der Waals surface area contributed by atoms with Gasteiger partial charge in [-0.05, 0) is 25.5 Å². The molecule has 18 heavy (non-hydrogen) atoms. The molecular formula is C14H19NO3. The maximum absolute atomic E-state index is 11.8. The maximum Gasteiger partial charge on any atom is 0.255 e. The van der Waals surface area contributed by atoms with Gasteiger partial charge < -0.3 is 15.2 Å². The predicted octanol–water partition coefficient (Wildman–Crippen LogP) is 2.02. The molecule has 1 aromatic rings. The van der Waals surface area contributed by atoms with Gasteiger partial charge in [0.05, 0.1) is 18.8 Å². The second kappa shape index (κ2) is 7.50. The zero-order valence-electron chi connectivity index (χ0n) is 10.6. The van der Waals surface area contributed by atoms with Crippen LogP contribution in [0.1, 0.15) is 22.3 Å². The third-order valence-corrected chi connectivity index (χ3v) is 2.39. The summed E-state index contributed by atoms with van der Waals surface area (Å²) in [6.45, 7) is 6.93. The number of aromatic hydroxyl groups is 1. The number of nitrogens with one attached hydrogen (secondary N) is 1. The molecule has 4 nitrogen and oxygen atoms in total. The average molecular weight is 249 g/mol. The standard InChI is InChI=1S/C14H19NO3/c1-3-4-8-18-9-7-15-14(17)12-10-11(2)5-6-13(12)16/h3,5-6,10,16H,1,4,7-9H2,2H3,(H,15,17). The molecule has 0 spiro atoms. The van der Waals surface area contributed by atoms with E-state index < -0.39 is 0 Å². The number of hydrogen-bond donors (Lipinski definition) is 2. The van der Waals surface area contributed by atoms with Crippen LogP contribution in [0.5, 0.6) is 5.75 Å². The van der Waals surface area contributed by atoms with Crippen molar-refractivity contribution in [2.24, 2.45) is 0 Å². The largest absolute Gasteiger partial charge is 0.507 e. The smallest absolute Gasteiger partial charge is 0.255 e. The van der Waals surface area contributed by atoms with E-state index in [2.05, 4.69) is 11.9 Å². The van der Waals surface area contributed by atoms with Gasteiger partial charge in [-0.2, -0.15) is 0 Å². The number of phenolic OH excluding ortho intramolecular Hbond substituents is 1. The van der Waals surface area contributed by atoms with Gasteiger partial charge in [0.25, 0.3) is 5.91 Å². The first-order valence-electron chi connectivity index (χ1n) is 5.91. The van der Waals surface area contributed by atoms with Gasteiger partial charge in [-0.3, -0.25) is 4.79 Å². The number of aryl methyl sites for hydroxylation is 1. The average Bonchev–Trinajstić information content (AvgIpc) is 2.36. The molecule has 0 heterocycles. The van der Waals surface area contributed by atoms with E-state index in [9.17, 15) is 9.90 Å². The van der Waals surface area contributed by atoms with Gasteiger partial charge in [0.15, 0.2) is 0 Å². The third kappa shape index (κ3) is 4.59. The molecule has 0 atom stereocenters. The summed E-state index contributed by atoms with van der Waals surface area (Å²) in [5, 5.41) is 12.3. The van der Waals surface area contributed by atoms with Crippen LogP contribution in [0.2, 0.25) is 0 Å². The van der Waals surface area contributed by atoms with E-state index in [1.807, 2.05) is 6.92 Å². The van der Waals surface area contributed by atoms with E-state index in [0.29, 0.717) is 25.3 Å².